The minimum Gasteiger partial charge on any atom is -0.456 e. The van der Waals surface area contributed by atoms with Crippen LogP contribution in [0.2, 0.25) is 10.0 Å². The zero-order valence-electron chi connectivity index (χ0n) is 18.5. The lowest BCUT2D eigenvalue weighted by Gasteiger charge is -2.18. The number of benzene rings is 3. The zero-order chi connectivity index (χ0) is 25.9. The number of fused-ring (bicyclic) bond motifs is 1. The normalized spacial score (nSPS) is 12.4. The van der Waals surface area contributed by atoms with Crippen LogP contribution in [0.15, 0.2) is 77.8 Å². The van der Waals surface area contributed by atoms with Gasteiger partial charge in [0.2, 0.25) is 10.0 Å². The Hall–Kier alpha value is -3.24. The molecule has 0 saturated heterocycles. The number of ether oxygens (including phenoxy) is 1. The summed E-state index contributed by atoms with van der Waals surface area (Å²) in [7, 11) is -4.31. The largest absolute Gasteiger partial charge is 0.456 e. The number of ketones is 1. The van der Waals surface area contributed by atoms with E-state index in [9.17, 15) is 22.4 Å². The summed E-state index contributed by atoms with van der Waals surface area (Å²) in [6.07, 6.45) is 1.58. The van der Waals surface area contributed by atoms with E-state index in [1.807, 2.05) is 24.3 Å². The molecule has 186 valence electrons. The summed E-state index contributed by atoms with van der Waals surface area (Å²) < 4.78 is 46.9. The van der Waals surface area contributed by atoms with Gasteiger partial charge in [0.15, 0.2) is 12.4 Å². The van der Waals surface area contributed by atoms with Crippen molar-refractivity contribution in [1.82, 2.24) is 9.71 Å². The van der Waals surface area contributed by atoms with Gasteiger partial charge in [0.1, 0.15) is 16.8 Å². The van der Waals surface area contributed by atoms with Crippen molar-refractivity contribution in [2.45, 2.75) is 17.4 Å². The van der Waals surface area contributed by atoms with Gasteiger partial charge < -0.3 is 9.72 Å². The number of carbonyl (C=O) groups excluding carboxylic acids is 2. The van der Waals surface area contributed by atoms with Crippen LogP contribution < -0.4 is 4.72 Å². The average Bonchev–Trinajstić information content (AvgIpc) is 3.26. The van der Waals surface area contributed by atoms with Gasteiger partial charge in [-0.3, -0.25) is 9.59 Å². The van der Waals surface area contributed by atoms with Gasteiger partial charge in [-0.15, -0.1) is 0 Å². The summed E-state index contributed by atoms with van der Waals surface area (Å²) in [5.41, 5.74) is 1.59. The Balaban J connectivity index is 1.59. The lowest BCUT2D eigenvalue weighted by atomic mass is 10.1. The maximum absolute atomic E-state index is 13.1. The van der Waals surface area contributed by atoms with E-state index >= 15 is 0 Å². The number of hydrogen-bond acceptors (Lipinski definition) is 5. The summed E-state index contributed by atoms with van der Waals surface area (Å²) in [4.78, 5) is 28.2. The molecule has 1 heterocycles. The number of H-pyrrole nitrogens is 1. The van der Waals surface area contributed by atoms with Crippen molar-refractivity contribution in [3.8, 4) is 0 Å². The minimum atomic E-state index is -4.31. The number of Topliss-reactive ketones (excluding diaryl/α,β-unsaturated/α-hetero) is 1. The highest BCUT2D eigenvalue weighted by Crippen LogP contribution is 2.29. The molecule has 0 bridgehead atoms. The first-order valence-corrected chi connectivity index (χ1v) is 12.9. The maximum Gasteiger partial charge on any atom is 0.324 e. The van der Waals surface area contributed by atoms with Crippen molar-refractivity contribution < 1.29 is 27.1 Å². The molecule has 3 aromatic carbocycles. The van der Waals surface area contributed by atoms with Gasteiger partial charge in [0.05, 0.1) is 10.0 Å². The van der Waals surface area contributed by atoms with Gasteiger partial charge in [0, 0.05) is 29.1 Å². The van der Waals surface area contributed by atoms with E-state index in [1.54, 1.807) is 6.20 Å². The first-order chi connectivity index (χ1) is 17.2. The lowest BCUT2D eigenvalue weighted by molar-refractivity contribution is -0.144. The molecular weight excluding hydrogens is 530 g/mol. The molecule has 0 aliphatic carbocycles. The fourth-order valence-corrected chi connectivity index (χ4v) is 5.54. The smallest absolute Gasteiger partial charge is 0.324 e. The Morgan fingerprint density at radius 1 is 1.00 bits per heavy atom. The number of carbonyl (C=O) groups is 2. The highest BCUT2D eigenvalue weighted by Gasteiger charge is 2.30. The number of halogens is 3. The van der Waals surface area contributed by atoms with Gasteiger partial charge in [-0.1, -0.05) is 47.5 Å². The van der Waals surface area contributed by atoms with Crippen LogP contribution >= 0.6 is 23.2 Å². The third-order valence-corrected chi connectivity index (χ3v) is 7.84. The van der Waals surface area contributed by atoms with Crippen molar-refractivity contribution in [2.75, 3.05) is 6.61 Å². The van der Waals surface area contributed by atoms with Crippen LogP contribution in [-0.4, -0.2) is 37.8 Å². The molecule has 2 N–H and O–H groups in total. The van der Waals surface area contributed by atoms with Crippen molar-refractivity contribution in [2.24, 2.45) is 0 Å². The Morgan fingerprint density at radius 3 is 2.47 bits per heavy atom. The molecule has 36 heavy (non-hydrogen) atoms. The standard InChI is InChI=1S/C25H19Cl2FN2O5S/c26-19-5-3-7-23(24(19)27)36(33,34)30-21(12-16-13-29-20-6-2-1-4-18(16)20)25(32)35-14-22(31)15-8-10-17(28)11-9-15/h1-11,13,21,29-30H,12,14H2/t21-/m0/s1. The summed E-state index contributed by atoms with van der Waals surface area (Å²) in [6, 6.07) is 14.7. The monoisotopic (exact) mass is 548 g/mol. The second-order valence-electron chi connectivity index (χ2n) is 7.83. The Labute approximate surface area is 216 Å². The van der Waals surface area contributed by atoms with E-state index < -0.39 is 40.2 Å². The van der Waals surface area contributed by atoms with Gasteiger partial charge >= 0.3 is 5.97 Å². The van der Waals surface area contributed by atoms with Crippen molar-refractivity contribution >= 4 is 55.9 Å². The van der Waals surface area contributed by atoms with Gasteiger partial charge in [-0.25, -0.2) is 12.8 Å². The van der Waals surface area contributed by atoms with E-state index in [0.717, 1.165) is 23.0 Å². The van der Waals surface area contributed by atoms with Crippen LogP contribution in [-0.2, 0) is 26.0 Å². The number of rotatable bonds is 9. The number of aromatic nitrogens is 1. The Kier molecular flexibility index (Phi) is 7.75. The highest BCUT2D eigenvalue weighted by molar-refractivity contribution is 7.89. The van der Waals surface area contributed by atoms with E-state index in [-0.39, 0.29) is 26.9 Å². The molecule has 4 rings (SSSR count). The molecule has 0 fully saturated rings. The molecule has 0 unspecified atom stereocenters. The van der Waals surface area contributed by atoms with Crippen LogP contribution in [0.1, 0.15) is 15.9 Å². The van der Waals surface area contributed by atoms with Crippen LogP contribution in [0.3, 0.4) is 0 Å². The van der Waals surface area contributed by atoms with E-state index in [0.29, 0.717) is 5.56 Å². The molecule has 0 aliphatic rings. The third-order valence-electron chi connectivity index (χ3n) is 5.40. The summed E-state index contributed by atoms with van der Waals surface area (Å²) in [5, 5.41) is 0.621. The van der Waals surface area contributed by atoms with Crippen molar-refractivity contribution in [1.29, 1.82) is 0 Å². The summed E-state index contributed by atoms with van der Waals surface area (Å²) in [6.45, 7) is -0.658. The number of aromatic amines is 1. The van der Waals surface area contributed by atoms with Crippen LogP contribution in [0.25, 0.3) is 10.9 Å². The molecule has 0 radical (unpaired) electrons. The lowest BCUT2D eigenvalue weighted by Crippen LogP contribution is -2.43. The molecule has 1 atom stereocenters. The predicted octanol–water partition coefficient (Wildman–Crippen LogP) is 4.93. The fourth-order valence-electron chi connectivity index (χ4n) is 3.59. The quantitative estimate of drug-likeness (QED) is 0.228. The molecule has 7 nitrogen and oxygen atoms in total. The second kappa shape index (κ2) is 10.8. The second-order valence-corrected chi connectivity index (χ2v) is 10.3. The SMILES string of the molecule is O=C(COC(=O)[C@H](Cc1c[nH]c2ccccc12)NS(=O)(=O)c1cccc(Cl)c1Cl)c1ccc(F)cc1. The molecule has 11 heteroatoms. The Bertz CT molecular complexity index is 1540. The average molecular weight is 549 g/mol. The number of sulfonamides is 1. The first kappa shape index (κ1) is 25.8. The number of esters is 1. The molecule has 0 saturated carbocycles. The van der Waals surface area contributed by atoms with Gasteiger partial charge in [-0.2, -0.15) is 4.72 Å². The van der Waals surface area contributed by atoms with Crippen LogP contribution in [0, 0.1) is 5.82 Å². The van der Waals surface area contributed by atoms with Crippen LogP contribution in [0.5, 0.6) is 0 Å². The van der Waals surface area contributed by atoms with Gasteiger partial charge in [0.25, 0.3) is 0 Å². The minimum absolute atomic E-state index is 0.0280. The van der Waals surface area contributed by atoms with E-state index in [2.05, 4.69) is 9.71 Å². The van der Waals surface area contributed by atoms with Gasteiger partial charge in [-0.05, 0) is 48.0 Å². The molecule has 4 aromatic rings. The summed E-state index contributed by atoms with van der Waals surface area (Å²) in [5.74, 6) is -2.07. The molecule has 0 aliphatic heterocycles. The highest BCUT2D eigenvalue weighted by atomic mass is 35.5. The molecule has 1 aromatic heterocycles. The third kappa shape index (κ3) is 5.76. The molecular formula is C25H19Cl2FN2O5S. The van der Waals surface area contributed by atoms with E-state index in [1.165, 1.54) is 30.3 Å². The topological polar surface area (TPSA) is 105 Å². The maximum atomic E-state index is 13.1. The molecule has 0 amide bonds. The van der Waals surface area contributed by atoms with Crippen LogP contribution in [0.4, 0.5) is 4.39 Å². The van der Waals surface area contributed by atoms with E-state index in [4.69, 9.17) is 27.9 Å². The zero-order valence-corrected chi connectivity index (χ0v) is 20.8. The van der Waals surface area contributed by atoms with Crippen molar-refractivity contribution in [3.63, 3.8) is 0 Å². The number of hydrogen-bond donors (Lipinski definition) is 2. The number of nitrogens with one attached hydrogen (secondary N) is 2. The predicted molar refractivity (Wildman–Crippen MR) is 134 cm³/mol. The molecule has 0 spiro atoms. The summed E-state index contributed by atoms with van der Waals surface area (Å²) >= 11 is 12.1. The van der Waals surface area contributed by atoms with Crippen molar-refractivity contribution in [3.05, 3.63) is 99.9 Å². The fraction of sp³-hybridized carbons (Fsp3) is 0.120. The first-order valence-electron chi connectivity index (χ1n) is 10.6. The number of para-hydroxylation sites is 1. The Morgan fingerprint density at radius 2 is 1.72 bits per heavy atom.